The number of aryl methyl sites for hydroxylation is 1. The number of hydrogen-bond acceptors (Lipinski definition) is 2. The summed E-state index contributed by atoms with van der Waals surface area (Å²) in [5, 5.41) is 13.9. The van der Waals surface area contributed by atoms with Crippen molar-refractivity contribution < 1.29 is 5.11 Å². The third-order valence-electron chi connectivity index (χ3n) is 3.89. The van der Waals surface area contributed by atoms with Crippen LogP contribution in [0.15, 0.2) is 54.6 Å². The van der Waals surface area contributed by atoms with E-state index in [1.165, 1.54) is 11.1 Å². The van der Waals surface area contributed by atoms with Gasteiger partial charge in [0.05, 0.1) is 6.10 Å². The topological polar surface area (TPSA) is 32.3 Å². The Morgan fingerprint density at radius 2 is 1.74 bits per heavy atom. The van der Waals surface area contributed by atoms with Gasteiger partial charge in [-0.3, -0.25) is 0 Å². The monoisotopic (exact) mass is 253 g/mol. The molecule has 2 nitrogen and oxygen atoms in total. The summed E-state index contributed by atoms with van der Waals surface area (Å²) in [6.07, 6.45) is 1.64. The van der Waals surface area contributed by atoms with Crippen molar-refractivity contribution in [3.05, 3.63) is 71.3 Å². The van der Waals surface area contributed by atoms with Gasteiger partial charge >= 0.3 is 0 Å². The van der Waals surface area contributed by atoms with Gasteiger partial charge in [-0.1, -0.05) is 54.6 Å². The lowest BCUT2D eigenvalue weighted by Gasteiger charge is -2.31. The van der Waals surface area contributed by atoms with Crippen molar-refractivity contribution in [3.63, 3.8) is 0 Å². The van der Waals surface area contributed by atoms with Crippen molar-refractivity contribution in [1.82, 2.24) is 5.32 Å². The van der Waals surface area contributed by atoms with Crippen LogP contribution in [0.3, 0.4) is 0 Å². The Morgan fingerprint density at radius 3 is 2.58 bits per heavy atom. The molecule has 1 aliphatic rings. The molecule has 0 amide bonds. The second-order valence-corrected chi connectivity index (χ2v) is 5.16. The van der Waals surface area contributed by atoms with E-state index in [0.717, 1.165) is 24.9 Å². The molecule has 1 aliphatic carbocycles. The van der Waals surface area contributed by atoms with E-state index >= 15 is 0 Å². The highest BCUT2D eigenvalue weighted by atomic mass is 16.3. The van der Waals surface area contributed by atoms with Gasteiger partial charge in [0, 0.05) is 12.6 Å². The average Bonchev–Trinajstić information content (AvgIpc) is 2.48. The van der Waals surface area contributed by atoms with Gasteiger partial charge in [0.2, 0.25) is 0 Å². The summed E-state index contributed by atoms with van der Waals surface area (Å²) >= 11 is 0. The Labute approximate surface area is 114 Å². The molecule has 0 unspecified atom stereocenters. The molecule has 19 heavy (non-hydrogen) atoms. The highest BCUT2D eigenvalue weighted by Crippen LogP contribution is 2.29. The molecule has 2 N–H and O–H groups in total. The summed E-state index contributed by atoms with van der Waals surface area (Å²) < 4.78 is 0. The van der Waals surface area contributed by atoms with Crippen molar-refractivity contribution in [2.24, 2.45) is 0 Å². The first kappa shape index (κ1) is 12.4. The van der Waals surface area contributed by atoms with E-state index in [9.17, 15) is 5.11 Å². The molecular formula is C17H19NO. The second-order valence-electron chi connectivity index (χ2n) is 5.16. The van der Waals surface area contributed by atoms with Crippen molar-refractivity contribution in [2.45, 2.75) is 31.5 Å². The van der Waals surface area contributed by atoms with Gasteiger partial charge in [0.1, 0.15) is 0 Å². The first-order chi connectivity index (χ1) is 9.34. The normalized spacial score (nSPS) is 21.9. The fourth-order valence-corrected chi connectivity index (χ4v) is 2.79. The number of aliphatic hydroxyl groups excluding tert-OH is 1. The van der Waals surface area contributed by atoms with Crippen LogP contribution in [0, 0.1) is 0 Å². The van der Waals surface area contributed by atoms with E-state index in [1.807, 2.05) is 36.4 Å². The lowest BCUT2D eigenvalue weighted by molar-refractivity contribution is 0.114. The summed E-state index contributed by atoms with van der Waals surface area (Å²) in [6.45, 7) is 0.810. The van der Waals surface area contributed by atoms with Crippen LogP contribution in [0.2, 0.25) is 0 Å². The highest BCUT2D eigenvalue weighted by Gasteiger charge is 2.26. The standard InChI is InChI=1S/C17H19NO/c19-17-15-9-5-4-8-14(15)10-11-16(17)18-12-13-6-2-1-3-7-13/h1-9,16-19H,10-12H2/t16-,17-/m0/s1. The molecule has 0 saturated carbocycles. The molecule has 0 radical (unpaired) electrons. The van der Waals surface area contributed by atoms with E-state index in [2.05, 4.69) is 23.5 Å². The van der Waals surface area contributed by atoms with Crippen LogP contribution >= 0.6 is 0 Å². The molecule has 0 aliphatic heterocycles. The lowest BCUT2D eigenvalue weighted by Crippen LogP contribution is -2.37. The molecule has 2 atom stereocenters. The molecule has 2 heteroatoms. The lowest BCUT2D eigenvalue weighted by atomic mass is 9.86. The van der Waals surface area contributed by atoms with E-state index in [1.54, 1.807) is 0 Å². The first-order valence-corrected chi connectivity index (χ1v) is 6.88. The zero-order valence-corrected chi connectivity index (χ0v) is 10.9. The van der Waals surface area contributed by atoms with E-state index in [-0.39, 0.29) is 6.04 Å². The average molecular weight is 253 g/mol. The van der Waals surface area contributed by atoms with Gasteiger partial charge in [0.25, 0.3) is 0 Å². The van der Waals surface area contributed by atoms with Crippen LogP contribution in [0.4, 0.5) is 0 Å². The Balaban J connectivity index is 1.68. The predicted molar refractivity (Wildman–Crippen MR) is 76.8 cm³/mol. The molecule has 0 fully saturated rings. The van der Waals surface area contributed by atoms with E-state index in [0.29, 0.717) is 0 Å². The van der Waals surface area contributed by atoms with Crippen LogP contribution in [-0.4, -0.2) is 11.1 Å². The van der Waals surface area contributed by atoms with Crippen LogP contribution < -0.4 is 5.32 Å². The number of fused-ring (bicyclic) bond motifs is 1. The molecule has 0 spiro atoms. The van der Waals surface area contributed by atoms with Gasteiger partial charge in [0.15, 0.2) is 0 Å². The second kappa shape index (κ2) is 5.55. The zero-order valence-electron chi connectivity index (χ0n) is 10.9. The molecular weight excluding hydrogens is 234 g/mol. The van der Waals surface area contributed by atoms with Gasteiger partial charge in [-0.2, -0.15) is 0 Å². The number of hydrogen-bond donors (Lipinski definition) is 2. The van der Waals surface area contributed by atoms with Crippen molar-refractivity contribution in [3.8, 4) is 0 Å². The maximum absolute atomic E-state index is 10.4. The maximum Gasteiger partial charge on any atom is 0.0945 e. The third-order valence-corrected chi connectivity index (χ3v) is 3.89. The van der Waals surface area contributed by atoms with Gasteiger partial charge in [-0.25, -0.2) is 0 Å². The van der Waals surface area contributed by atoms with Crippen molar-refractivity contribution in [2.75, 3.05) is 0 Å². The molecule has 0 aromatic heterocycles. The van der Waals surface area contributed by atoms with Crippen molar-refractivity contribution >= 4 is 0 Å². The Morgan fingerprint density at radius 1 is 1.00 bits per heavy atom. The Hall–Kier alpha value is -1.64. The molecule has 3 rings (SSSR count). The Bertz CT molecular complexity index is 538. The van der Waals surface area contributed by atoms with Crippen LogP contribution in [0.1, 0.15) is 29.2 Å². The minimum atomic E-state index is -0.395. The van der Waals surface area contributed by atoms with Crippen molar-refractivity contribution in [1.29, 1.82) is 0 Å². The van der Waals surface area contributed by atoms with Crippen LogP contribution in [0.5, 0.6) is 0 Å². The predicted octanol–water partition coefficient (Wildman–Crippen LogP) is 2.82. The van der Waals surface area contributed by atoms with Gasteiger partial charge in [-0.05, 0) is 29.5 Å². The first-order valence-electron chi connectivity index (χ1n) is 6.88. The molecule has 2 aromatic carbocycles. The van der Waals surface area contributed by atoms with Crippen LogP contribution in [0.25, 0.3) is 0 Å². The molecule has 98 valence electrons. The smallest absolute Gasteiger partial charge is 0.0945 e. The molecule has 2 aromatic rings. The maximum atomic E-state index is 10.4. The van der Waals surface area contributed by atoms with E-state index in [4.69, 9.17) is 0 Å². The SMILES string of the molecule is O[C@H]1c2ccccc2CC[C@@H]1NCc1ccccc1. The molecule has 0 bridgehead atoms. The number of rotatable bonds is 3. The minimum Gasteiger partial charge on any atom is -0.387 e. The van der Waals surface area contributed by atoms with Crippen LogP contribution in [-0.2, 0) is 13.0 Å². The molecule has 0 saturated heterocycles. The third kappa shape index (κ3) is 2.70. The number of nitrogens with one attached hydrogen (secondary N) is 1. The minimum absolute atomic E-state index is 0.148. The van der Waals surface area contributed by atoms with Gasteiger partial charge in [-0.15, -0.1) is 0 Å². The fourth-order valence-electron chi connectivity index (χ4n) is 2.79. The zero-order chi connectivity index (χ0) is 13.1. The van der Waals surface area contributed by atoms with E-state index < -0.39 is 6.10 Å². The number of aliphatic hydroxyl groups is 1. The quantitative estimate of drug-likeness (QED) is 0.881. The number of benzene rings is 2. The summed E-state index contributed by atoms with van der Waals surface area (Å²) in [5.74, 6) is 0. The highest BCUT2D eigenvalue weighted by molar-refractivity contribution is 5.32. The van der Waals surface area contributed by atoms with Gasteiger partial charge < -0.3 is 10.4 Å². The Kier molecular flexibility index (Phi) is 3.62. The summed E-state index contributed by atoms with van der Waals surface area (Å²) in [5.41, 5.74) is 3.63. The fraction of sp³-hybridized carbons (Fsp3) is 0.294. The largest absolute Gasteiger partial charge is 0.387 e. The molecule has 0 heterocycles. The summed E-state index contributed by atoms with van der Waals surface area (Å²) in [7, 11) is 0. The summed E-state index contributed by atoms with van der Waals surface area (Å²) in [4.78, 5) is 0. The summed E-state index contributed by atoms with van der Waals surface area (Å²) in [6, 6.07) is 18.7.